The number of aliphatic hydroxyl groups is 1. The van der Waals surface area contributed by atoms with Gasteiger partial charge in [-0.2, -0.15) is 13.2 Å². The van der Waals surface area contributed by atoms with Crippen molar-refractivity contribution in [3.05, 3.63) is 53.6 Å². The summed E-state index contributed by atoms with van der Waals surface area (Å²) in [6.07, 6.45) is -2.77. The molecule has 3 nitrogen and oxygen atoms in total. The molecule has 0 spiro atoms. The van der Waals surface area contributed by atoms with Crippen molar-refractivity contribution in [3.8, 4) is 0 Å². The van der Waals surface area contributed by atoms with Crippen LogP contribution in [0.1, 0.15) is 45.4 Å². The lowest BCUT2D eigenvalue weighted by atomic mass is 9.73. The van der Waals surface area contributed by atoms with E-state index in [2.05, 4.69) is 9.97 Å². The summed E-state index contributed by atoms with van der Waals surface area (Å²) in [6, 6.07) is 7.55. The van der Waals surface area contributed by atoms with Crippen LogP contribution >= 0.6 is 23.5 Å². The number of aromatic nitrogens is 2. The molecule has 33 heavy (non-hydrogen) atoms. The summed E-state index contributed by atoms with van der Waals surface area (Å²) in [5, 5.41) is 12.8. The Morgan fingerprint density at radius 2 is 1.82 bits per heavy atom. The van der Waals surface area contributed by atoms with Crippen molar-refractivity contribution in [2.45, 2.75) is 72.9 Å². The van der Waals surface area contributed by atoms with E-state index in [0.29, 0.717) is 21.2 Å². The topological polar surface area (TPSA) is 48.9 Å². The molecule has 2 N–H and O–H groups in total. The highest BCUT2D eigenvalue weighted by molar-refractivity contribution is 7.99. The normalized spacial score (nSPS) is 14.8. The standard InChI is InChI=1S/C24H28F4N2OS2/c1-14(2)33-21-9-15-8-17(30-19(15)12-29-21)11-23(31,24(26,27)28)13-22(3,4)18-10-16(25)6-7-20(18)32-5/h6-10,12,14,30-31H,11,13H2,1-5H3. The summed E-state index contributed by atoms with van der Waals surface area (Å²) in [4.78, 5) is 7.98. The molecule has 1 aromatic carbocycles. The Kier molecular flexibility index (Phi) is 7.46. The lowest BCUT2D eigenvalue weighted by Gasteiger charge is -2.38. The first-order chi connectivity index (χ1) is 15.2. The van der Waals surface area contributed by atoms with E-state index in [4.69, 9.17) is 0 Å². The molecule has 0 aliphatic heterocycles. The summed E-state index contributed by atoms with van der Waals surface area (Å²) < 4.78 is 56.6. The fraction of sp³-hybridized carbons (Fsp3) is 0.458. The third kappa shape index (κ3) is 5.87. The van der Waals surface area contributed by atoms with Crippen molar-refractivity contribution in [3.63, 3.8) is 0 Å². The van der Waals surface area contributed by atoms with Gasteiger partial charge in [0.25, 0.3) is 0 Å². The third-order valence-electron chi connectivity index (χ3n) is 5.53. The Balaban J connectivity index is 1.96. The molecule has 0 saturated heterocycles. The molecule has 0 radical (unpaired) electrons. The zero-order valence-electron chi connectivity index (χ0n) is 19.2. The van der Waals surface area contributed by atoms with Crippen molar-refractivity contribution in [1.82, 2.24) is 9.97 Å². The lowest BCUT2D eigenvalue weighted by molar-refractivity contribution is -0.266. The van der Waals surface area contributed by atoms with Gasteiger partial charge in [-0.05, 0) is 54.0 Å². The first-order valence-electron chi connectivity index (χ1n) is 10.5. The average Bonchev–Trinajstić information content (AvgIpc) is 3.07. The van der Waals surface area contributed by atoms with Crippen molar-refractivity contribution in [2.75, 3.05) is 6.26 Å². The van der Waals surface area contributed by atoms with E-state index in [1.165, 1.54) is 23.9 Å². The van der Waals surface area contributed by atoms with Gasteiger partial charge in [0.1, 0.15) is 5.82 Å². The highest BCUT2D eigenvalue weighted by Crippen LogP contribution is 2.45. The van der Waals surface area contributed by atoms with Gasteiger partial charge in [-0.15, -0.1) is 23.5 Å². The van der Waals surface area contributed by atoms with E-state index in [0.717, 1.165) is 10.4 Å². The van der Waals surface area contributed by atoms with Crippen LogP contribution in [0.15, 0.2) is 46.5 Å². The fourth-order valence-corrected chi connectivity index (χ4v) is 5.64. The number of rotatable bonds is 8. The number of fused-ring (bicyclic) bond motifs is 1. The number of halogens is 4. The quantitative estimate of drug-likeness (QED) is 0.255. The number of hydrogen-bond acceptors (Lipinski definition) is 4. The zero-order chi connectivity index (χ0) is 24.6. The van der Waals surface area contributed by atoms with Crippen molar-refractivity contribution in [1.29, 1.82) is 0 Å². The number of alkyl halides is 3. The molecule has 1 atom stereocenters. The van der Waals surface area contributed by atoms with Gasteiger partial charge in [-0.1, -0.05) is 27.7 Å². The van der Waals surface area contributed by atoms with Gasteiger partial charge in [0, 0.05) is 27.6 Å². The van der Waals surface area contributed by atoms with Crippen LogP contribution in [0.25, 0.3) is 10.9 Å². The van der Waals surface area contributed by atoms with Gasteiger partial charge in [-0.25, -0.2) is 9.37 Å². The molecule has 180 valence electrons. The maximum Gasteiger partial charge on any atom is 0.417 e. The van der Waals surface area contributed by atoms with Crippen molar-refractivity contribution in [2.24, 2.45) is 0 Å². The van der Waals surface area contributed by atoms with E-state index in [9.17, 15) is 22.7 Å². The minimum absolute atomic E-state index is 0.262. The minimum atomic E-state index is -4.88. The van der Waals surface area contributed by atoms with Gasteiger partial charge < -0.3 is 10.1 Å². The first-order valence-corrected chi connectivity index (χ1v) is 12.6. The molecule has 2 aromatic heterocycles. The second-order valence-corrected chi connectivity index (χ2v) is 11.6. The molecule has 3 aromatic rings. The number of H-pyrrole nitrogens is 1. The van der Waals surface area contributed by atoms with Crippen LogP contribution in [-0.4, -0.2) is 38.4 Å². The van der Waals surface area contributed by atoms with Crippen LogP contribution in [0.2, 0.25) is 0 Å². The molecule has 2 heterocycles. The number of nitrogens with one attached hydrogen (secondary N) is 1. The number of pyridine rings is 1. The summed E-state index contributed by atoms with van der Waals surface area (Å²) >= 11 is 2.90. The van der Waals surface area contributed by atoms with Crippen LogP contribution in [0.4, 0.5) is 17.6 Å². The Morgan fingerprint density at radius 1 is 1.12 bits per heavy atom. The molecule has 0 bridgehead atoms. The van der Waals surface area contributed by atoms with Gasteiger partial charge in [0.15, 0.2) is 5.60 Å². The SMILES string of the molecule is CSc1ccc(F)cc1C(C)(C)CC(O)(Cc1cc2cc(SC(C)C)ncc2[nH]1)C(F)(F)F. The Morgan fingerprint density at radius 3 is 2.42 bits per heavy atom. The van der Waals surface area contributed by atoms with Crippen molar-refractivity contribution >= 4 is 34.4 Å². The average molecular weight is 501 g/mol. The van der Waals surface area contributed by atoms with Crippen molar-refractivity contribution < 1.29 is 22.7 Å². The molecular weight excluding hydrogens is 472 g/mol. The van der Waals surface area contributed by atoms with E-state index in [1.54, 1.807) is 50.2 Å². The number of hydrogen-bond donors (Lipinski definition) is 2. The number of aromatic amines is 1. The van der Waals surface area contributed by atoms with Crippen LogP contribution in [0.5, 0.6) is 0 Å². The third-order valence-corrected chi connectivity index (χ3v) is 7.26. The van der Waals surface area contributed by atoms with Gasteiger partial charge in [-0.3, -0.25) is 0 Å². The predicted octanol–water partition coefficient (Wildman–Crippen LogP) is 7.13. The summed E-state index contributed by atoms with van der Waals surface area (Å²) in [5.41, 5.74) is -2.84. The second-order valence-electron chi connectivity index (χ2n) is 9.18. The van der Waals surface area contributed by atoms with Crippen LogP contribution in [0.3, 0.4) is 0 Å². The Hall–Kier alpha value is -1.71. The molecule has 0 saturated carbocycles. The maximum atomic E-state index is 14.2. The highest BCUT2D eigenvalue weighted by atomic mass is 32.2. The van der Waals surface area contributed by atoms with Crippen LogP contribution in [-0.2, 0) is 11.8 Å². The van der Waals surface area contributed by atoms with Crippen LogP contribution < -0.4 is 0 Å². The van der Waals surface area contributed by atoms with E-state index in [1.807, 2.05) is 19.9 Å². The van der Waals surface area contributed by atoms with Gasteiger partial charge in [0.05, 0.1) is 16.7 Å². The van der Waals surface area contributed by atoms with E-state index >= 15 is 0 Å². The summed E-state index contributed by atoms with van der Waals surface area (Å²) in [7, 11) is 0. The monoisotopic (exact) mass is 500 g/mol. The Labute approximate surface area is 199 Å². The molecule has 3 rings (SSSR count). The maximum absolute atomic E-state index is 14.2. The molecule has 0 fully saturated rings. The number of benzene rings is 1. The largest absolute Gasteiger partial charge is 0.417 e. The summed E-state index contributed by atoms with van der Waals surface area (Å²) in [5.74, 6) is -0.524. The first kappa shape index (κ1) is 25.9. The predicted molar refractivity (Wildman–Crippen MR) is 128 cm³/mol. The molecule has 0 aliphatic carbocycles. The lowest BCUT2D eigenvalue weighted by Crippen LogP contribution is -2.51. The molecular formula is C24H28F4N2OS2. The molecule has 0 aliphatic rings. The smallest absolute Gasteiger partial charge is 0.380 e. The molecule has 9 heteroatoms. The number of thioether (sulfide) groups is 2. The van der Waals surface area contributed by atoms with Gasteiger partial charge >= 0.3 is 6.18 Å². The minimum Gasteiger partial charge on any atom is -0.380 e. The van der Waals surface area contributed by atoms with E-state index in [-0.39, 0.29) is 5.69 Å². The number of nitrogens with zero attached hydrogens (tertiary/aromatic N) is 1. The van der Waals surface area contributed by atoms with E-state index < -0.39 is 35.9 Å². The molecule has 1 unspecified atom stereocenters. The van der Waals surface area contributed by atoms with Gasteiger partial charge in [0.2, 0.25) is 0 Å². The zero-order valence-corrected chi connectivity index (χ0v) is 20.8. The molecule has 0 amide bonds. The summed E-state index contributed by atoms with van der Waals surface area (Å²) in [6.45, 7) is 7.27. The highest BCUT2D eigenvalue weighted by Gasteiger charge is 2.56. The van der Waals surface area contributed by atoms with Crippen LogP contribution in [0, 0.1) is 5.82 Å². The fourth-order valence-electron chi connectivity index (χ4n) is 4.09. The Bertz CT molecular complexity index is 1130. The second kappa shape index (κ2) is 9.50.